The molecule has 1 amide bonds. The van der Waals surface area contributed by atoms with Gasteiger partial charge in [-0.15, -0.1) is 0 Å². The molecule has 2 bridgehead atoms. The smallest absolute Gasteiger partial charge is 0.307 e. The van der Waals surface area contributed by atoms with E-state index in [0.717, 1.165) is 19.4 Å². The van der Waals surface area contributed by atoms with Gasteiger partial charge in [0.1, 0.15) is 0 Å². The van der Waals surface area contributed by atoms with Crippen molar-refractivity contribution in [1.29, 1.82) is 0 Å². The average Bonchev–Trinajstić information content (AvgIpc) is 2.87. The fourth-order valence-electron chi connectivity index (χ4n) is 2.88. The zero-order valence-electron chi connectivity index (χ0n) is 9.85. The van der Waals surface area contributed by atoms with Crippen LogP contribution in [-0.2, 0) is 9.59 Å². The van der Waals surface area contributed by atoms with Gasteiger partial charge in [-0.25, -0.2) is 0 Å². The lowest BCUT2D eigenvalue weighted by Gasteiger charge is -2.30. The molecule has 0 aromatic carbocycles. The third-order valence-corrected chi connectivity index (χ3v) is 4.22. The van der Waals surface area contributed by atoms with Crippen LogP contribution in [0.3, 0.4) is 0 Å². The zero-order valence-corrected chi connectivity index (χ0v) is 9.85. The van der Waals surface area contributed by atoms with E-state index in [9.17, 15) is 9.59 Å². The first-order chi connectivity index (χ1) is 7.50. The Balaban J connectivity index is 2.00. The lowest BCUT2D eigenvalue weighted by molar-refractivity contribution is -0.149. The number of hydrogen-bond acceptors (Lipinski definition) is 2. The third-order valence-electron chi connectivity index (χ3n) is 4.22. The Morgan fingerprint density at radius 3 is 2.38 bits per heavy atom. The zero-order chi connectivity index (χ0) is 11.9. The van der Waals surface area contributed by atoms with Gasteiger partial charge in [-0.1, -0.05) is 13.8 Å². The molecule has 2 fully saturated rings. The van der Waals surface area contributed by atoms with E-state index in [1.807, 2.05) is 4.90 Å². The van der Waals surface area contributed by atoms with Gasteiger partial charge >= 0.3 is 5.97 Å². The van der Waals surface area contributed by atoms with Gasteiger partial charge in [0.15, 0.2) is 0 Å². The highest BCUT2D eigenvalue weighted by Gasteiger charge is 2.42. The molecule has 4 nitrogen and oxygen atoms in total. The van der Waals surface area contributed by atoms with Crippen molar-refractivity contribution in [3.05, 3.63) is 0 Å². The molecule has 4 atom stereocenters. The summed E-state index contributed by atoms with van der Waals surface area (Å²) < 4.78 is 0. The summed E-state index contributed by atoms with van der Waals surface area (Å²) in [6.07, 6.45) is 3.46. The molecule has 4 heteroatoms. The van der Waals surface area contributed by atoms with Crippen molar-refractivity contribution in [3.63, 3.8) is 0 Å². The van der Waals surface area contributed by atoms with Crippen LogP contribution in [0.1, 0.15) is 33.1 Å². The number of carboxylic acids is 1. The molecule has 1 saturated heterocycles. The quantitative estimate of drug-likeness (QED) is 0.788. The number of carbonyl (C=O) groups is 2. The van der Waals surface area contributed by atoms with E-state index in [0.29, 0.717) is 12.0 Å². The van der Waals surface area contributed by atoms with Gasteiger partial charge in [0.2, 0.25) is 5.91 Å². The van der Waals surface area contributed by atoms with Crippen molar-refractivity contribution < 1.29 is 14.7 Å². The number of fused-ring (bicyclic) bond motifs is 2. The van der Waals surface area contributed by atoms with Crippen molar-refractivity contribution in [2.45, 2.75) is 39.2 Å². The Labute approximate surface area is 95.6 Å². The van der Waals surface area contributed by atoms with Crippen LogP contribution in [0.4, 0.5) is 0 Å². The molecule has 1 N–H and O–H groups in total. The summed E-state index contributed by atoms with van der Waals surface area (Å²) in [5, 5.41) is 8.91. The molecule has 16 heavy (non-hydrogen) atoms. The van der Waals surface area contributed by atoms with Crippen LogP contribution in [0.15, 0.2) is 0 Å². The number of amides is 1. The number of rotatable bonds is 3. The number of carboxylic acid groups (broad SMARTS) is 1. The van der Waals surface area contributed by atoms with E-state index in [1.54, 1.807) is 13.8 Å². The Hall–Kier alpha value is -1.06. The maximum atomic E-state index is 12.1. The molecular formula is C12H19NO3. The number of aliphatic carboxylic acids is 1. The number of nitrogens with zero attached hydrogens (tertiary/aromatic N) is 1. The Morgan fingerprint density at radius 1 is 1.25 bits per heavy atom. The number of carbonyl (C=O) groups excluding carboxylic acids is 1. The standard InChI is InChI=1S/C12H19NO3/c1-7(8(2)12(15)16)11(14)13-6-9-3-4-10(13)5-9/h7-10H,3-6H2,1-2H3,(H,15,16). The first-order valence-corrected chi connectivity index (χ1v) is 6.04. The predicted octanol–water partition coefficient (Wildman–Crippen LogP) is 1.35. The van der Waals surface area contributed by atoms with E-state index in [1.165, 1.54) is 6.42 Å². The Kier molecular flexibility index (Phi) is 2.91. The Morgan fingerprint density at radius 2 is 1.94 bits per heavy atom. The lowest BCUT2D eigenvalue weighted by Crippen LogP contribution is -2.43. The summed E-state index contributed by atoms with van der Waals surface area (Å²) in [5.41, 5.74) is 0. The fraction of sp³-hybridized carbons (Fsp3) is 0.833. The largest absolute Gasteiger partial charge is 0.481 e. The molecule has 0 aromatic rings. The average molecular weight is 225 g/mol. The molecule has 1 heterocycles. The fourth-order valence-corrected chi connectivity index (χ4v) is 2.88. The normalized spacial score (nSPS) is 31.5. The minimum atomic E-state index is -0.884. The second-order valence-electron chi connectivity index (χ2n) is 5.24. The second-order valence-corrected chi connectivity index (χ2v) is 5.24. The van der Waals surface area contributed by atoms with Crippen molar-refractivity contribution >= 4 is 11.9 Å². The van der Waals surface area contributed by atoms with E-state index in [4.69, 9.17) is 5.11 Å². The molecule has 1 aliphatic carbocycles. The second kappa shape index (κ2) is 4.07. The van der Waals surface area contributed by atoms with E-state index >= 15 is 0 Å². The van der Waals surface area contributed by atoms with Crippen LogP contribution in [0.25, 0.3) is 0 Å². The highest BCUT2D eigenvalue weighted by Crippen LogP contribution is 2.38. The monoisotopic (exact) mass is 225 g/mol. The van der Waals surface area contributed by atoms with Gasteiger partial charge in [0, 0.05) is 18.5 Å². The molecule has 2 rings (SSSR count). The summed E-state index contributed by atoms with van der Waals surface area (Å²) in [6.45, 7) is 4.19. The summed E-state index contributed by atoms with van der Waals surface area (Å²) >= 11 is 0. The van der Waals surface area contributed by atoms with Gasteiger partial charge in [-0.2, -0.15) is 0 Å². The van der Waals surface area contributed by atoms with Gasteiger partial charge in [-0.3, -0.25) is 9.59 Å². The molecule has 4 unspecified atom stereocenters. The summed E-state index contributed by atoms with van der Waals surface area (Å²) in [4.78, 5) is 24.9. The highest BCUT2D eigenvalue weighted by atomic mass is 16.4. The Bertz CT molecular complexity index is 315. The molecular weight excluding hydrogens is 206 g/mol. The maximum Gasteiger partial charge on any atom is 0.307 e. The van der Waals surface area contributed by atoms with Crippen LogP contribution < -0.4 is 0 Å². The van der Waals surface area contributed by atoms with E-state index in [2.05, 4.69) is 0 Å². The van der Waals surface area contributed by atoms with Gasteiger partial charge < -0.3 is 10.0 Å². The molecule has 1 saturated carbocycles. The van der Waals surface area contributed by atoms with E-state index in [-0.39, 0.29) is 5.91 Å². The summed E-state index contributed by atoms with van der Waals surface area (Å²) in [7, 11) is 0. The number of piperidine rings is 1. The number of hydrogen-bond donors (Lipinski definition) is 1. The molecule has 1 aliphatic heterocycles. The van der Waals surface area contributed by atoms with Crippen molar-refractivity contribution in [1.82, 2.24) is 4.90 Å². The summed E-state index contributed by atoms with van der Waals surface area (Å²) in [6, 6.07) is 0.390. The molecule has 90 valence electrons. The van der Waals surface area contributed by atoms with Gasteiger partial charge in [-0.05, 0) is 25.2 Å². The molecule has 0 spiro atoms. The van der Waals surface area contributed by atoms with Crippen LogP contribution in [-0.4, -0.2) is 34.5 Å². The molecule has 0 aromatic heterocycles. The minimum Gasteiger partial charge on any atom is -0.481 e. The first kappa shape index (κ1) is 11.4. The van der Waals surface area contributed by atoms with E-state index < -0.39 is 17.8 Å². The van der Waals surface area contributed by atoms with Crippen molar-refractivity contribution in [2.75, 3.05) is 6.54 Å². The van der Waals surface area contributed by atoms with Crippen LogP contribution >= 0.6 is 0 Å². The van der Waals surface area contributed by atoms with Crippen LogP contribution in [0.2, 0.25) is 0 Å². The maximum absolute atomic E-state index is 12.1. The predicted molar refractivity (Wildman–Crippen MR) is 58.8 cm³/mol. The van der Waals surface area contributed by atoms with Crippen molar-refractivity contribution in [3.8, 4) is 0 Å². The SMILES string of the molecule is CC(C(=O)O)C(C)C(=O)N1CC2CCC1C2. The van der Waals surface area contributed by atoms with Crippen LogP contribution in [0, 0.1) is 17.8 Å². The molecule has 2 aliphatic rings. The number of likely N-dealkylation sites (tertiary alicyclic amines) is 1. The molecule has 0 radical (unpaired) electrons. The minimum absolute atomic E-state index is 0.0297. The van der Waals surface area contributed by atoms with Gasteiger partial charge in [0.25, 0.3) is 0 Å². The highest BCUT2D eigenvalue weighted by molar-refractivity contribution is 5.84. The van der Waals surface area contributed by atoms with Gasteiger partial charge in [0.05, 0.1) is 5.92 Å². The topological polar surface area (TPSA) is 57.6 Å². The first-order valence-electron chi connectivity index (χ1n) is 6.04. The summed E-state index contributed by atoms with van der Waals surface area (Å²) in [5.74, 6) is -1.18. The third kappa shape index (κ3) is 1.81. The lowest BCUT2D eigenvalue weighted by atomic mass is 9.94. The van der Waals surface area contributed by atoms with Crippen LogP contribution in [0.5, 0.6) is 0 Å². The van der Waals surface area contributed by atoms with Crippen molar-refractivity contribution in [2.24, 2.45) is 17.8 Å².